The Balaban J connectivity index is 2.01. The molecule has 0 aliphatic heterocycles. The highest BCUT2D eigenvalue weighted by Gasteiger charge is 2.06. The summed E-state index contributed by atoms with van der Waals surface area (Å²) in [7, 11) is 1.95. The second-order valence-corrected chi connectivity index (χ2v) is 5.14. The third-order valence-corrected chi connectivity index (χ3v) is 3.74. The molecule has 0 spiro atoms. The van der Waals surface area contributed by atoms with E-state index in [0.29, 0.717) is 0 Å². The van der Waals surface area contributed by atoms with E-state index < -0.39 is 0 Å². The van der Waals surface area contributed by atoms with Gasteiger partial charge in [-0.3, -0.25) is 4.68 Å². The average molecular weight is 250 g/mol. The second-order valence-electron chi connectivity index (χ2n) is 3.94. The Bertz CT molecular complexity index is 486. The van der Waals surface area contributed by atoms with Crippen molar-refractivity contribution in [3.05, 3.63) is 28.0 Å². The molecule has 17 heavy (non-hydrogen) atoms. The smallest absolute Gasteiger partial charge is 0.0925 e. The minimum absolute atomic E-state index is 0.830. The van der Waals surface area contributed by atoms with Gasteiger partial charge >= 0.3 is 0 Å². The zero-order valence-corrected chi connectivity index (χ0v) is 11.3. The number of nitrogens with one attached hydrogen (secondary N) is 1. The van der Waals surface area contributed by atoms with Crippen LogP contribution in [-0.4, -0.2) is 14.8 Å². The summed E-state index contributed by atoms with van der Waals surface area (Å²) in [4.78, 5) is 5.62. The normalized spacial score (nSPS) is 10.8. The van der Waals surface area contributed by atoms with Gasteiger partial charge in [-0.25, -0.2) is 4.98 Å². The first kappa shape index (κ1) is 12.1. The predicted octanol–water partition coefficient (Wildman–Crippen LogP) is 2.61. The standard InChI is InChI=1S/C12H18N4S/c1-4-10-11(8-16(3)15-10)13-6-9-7-14-12(5-2)17-9/h7-8,13H,4-6H2,1-3H3. The van der Waals surface area contributed by atoms with E-state index >= 15 is 0 Å². The van der Waals surface area contributed by atoms with Crippen LogP contribution in [0.15, 0.2) is 12.4 Å². The second kappa shape index (κ2) is 5.31. The molecule has 2 heterocycles. The lowest BCUT2D eigenvalue weighted by Gasteiger charge is -2.02. The molecule has 0 saturated heterocycles. The summed E-state index contributed by atoms with van der Waals surface area (Å²) in [6, 6.07) is 0. The molecule has 0 aliphatic rings. The number of nitrogens with zero attached hydrogens (tertiary/aromatic N) is 3. The van der Waals surface area contributed by atoms with Crippen molar-refractivity contribution in [1.82, 2.24) is 14.8 Å². The molecule has 0 unspecified atom stereocenters. The maximum Gasteiger partial charge on any atom is 0.0925 e. The molecule has 2 aromatic heterocycles. The Labute approximate surface area is 106 Å². The van der Waals surface area contributed by atoms with Crippen LogP contribution in [0.3, 0.4) is 0 Å². The van der Waals surface area contributed by atoms with Crippen molar-refractivity contribution >= 4 is 17.0 Å². The van der Waals surface area contributed by atoms with Crippen LogP contribution < -0.4 is 5.32 Å². The van der Waals surface area contributed by atoms with E-state index in [4.69, 9.17) is 0 Å². The zero-order valence-electron chi connectivity index (χ0n) is 10.5. The number of rotatable bonds is 5. The van der Waals surface area contributed by atoms with Crippen LogP contribution in [0, 0.1) is 0 Å². The lowest BCUT2D eigenvalue weighted by atomic mass is 10.3. The van der Waals surface area contributed by atoms with Gasteiger partial charge in [-0.15, -0.1) is 11.3 Å². The fraction of sp³-hybridized carbons (Fsp3) is 0.500. The molecule has 0 saturated carbocycles. The minimum Gasteiger partial charge on any atom is -0.377 e. The van der Waals surface area contributed by atoms with Crippen LogP contribution in [-0.2, 0) is 26.4 Å². The predicted molar refractivity (Wildman–Crippen MR) is 71.4 cm³/mol. The average Bonchev–Trinajstić information content (AvgIpc) is 2.92. The lowest BCUT2D eigenvalue weighted by Crippen LogP contribution is -1.98. The van der Waals surface area contributed by atoms with Gasteiger partial charge in [-0.1, -0.05) is 13.8 Å². The summed E-state index contributed by atoms with van der Waals surface area (Å²) in [6.45, 7) is 5.08. The van der Waals surface area contributed by atoms with Gasteiger partial charge in [0.2, 0.25) is 0 Å². The number of aryl methyl sites for hydroxylation is 3. The summed E-state index contributed by atoms with van der Waals surface area (Å²) in [6.07, 6.45) is 5.95. The van der Waals surface area contributed by atoms with E-state index in [1.165, 1.54) is 9.88 Å². The van der Waals surface area contributed by atoms with Gasteiger partial charge in [0.05, 0.1) is 22.9 Å². The number of thiazole rings is 1. The molecule has 0 aromatic carbocycles. The van der Waals surface area contributed by atoms with Crippen molar-refractivity contribution in [2.45, 2.75) is 33.2 Å². The Morgan fingerprint density at radius 3 is 2.82 bits per heavy atom. The highest BCUT2D eigenvalue weighted by Crippen LogP contribution is 2.18. The molecule has 2 rings (SSSR count). The van der Waals surface area contributed by atoms with Gasteiger partial charge in [-0.05, 0) is 12.8 Å². The molecule has 0 fully saturated rings. The van der Waals surface area contributed by atoms with Crippen molar-refractivity contribution < 1.29 is 0 Å². The van der Waals surface area contributed by atoms with Gasteiger partial charge in [0.1, 0.15) is 0 Å². The molecular formula is C12H18N4S. The Morgan fingerprint density at radius 1 is 1.35 bits per heavy atom. The fourth-order valence-electron chi connectivity index (χ4n) is 1.72. The minimum atomic E-state index is 0.830. The summed E-state index contributed by atoms with van der Waals surface area (Å²) < 4.78 is 1.85. The molecule has 4 nitrogen and oxygen atoms in total. The van der Waals surface area contributed by atoms with Crippen LogP contribution in [0.4, 0.5) is 5.69 Å². The summed E-state index contributed by atoms with van der Waals surface area (Å²) >= 11 is 1.77. The molecule has 0 aliphatic carbocycles. The molecule has 5 heteroatoms. The quantitative estimate of drug-likeness (QED) is 0.887. The highest BCUT2D eigenvalue weighted by molar-refractivity contribution is 7.11. The third-order valence-electron chi connectivity index (χ3n) is 2.60. The van der Waals surface area contributed by atoms with E-state index in [1.54, 1.807) is 11.3 Å². The van der Waals surface area contributed by atoms with Crippen molar-refractivity contribution in [3.63, 3.8) is 0 Å². The monoisotopic (exact) mass is 250 g/mol. The fourth-order valence-corrected chi connectivity index (χ4v) is 2.52. The first-order valence-corrected chi connectivity index (χ1v) is 6.74. The molecule has 0 bridgehead atoms. The largest absolute Gasteiger partial charge is 0.377 e. The third kappa shape index (κ3) is 2.85. The maximum absolute atomic E-state index is 4.40. The summed E-state index contributed by atoms with van der Waals surface area (Å²) in [5.41, 5.74) is 2.24. The maximum atomic E-state index is 4.40. The number of anilines is 1. The van der Waals surface area contributed by atoms with Crippen LogP contribution in [0.25, 0.3) is 0 Å². The van der Waals surface area contributed by atoms with Gasteiger partial charge in [0.15, 0.2) is 0 Å². The number of aromatic nitrogens is 3. The van der Waals surface area contributed by atoms with Gasteiger partial charge in [0, 0.05) is 24.3 Å². The van der Waals surface area contributed by atoms with E-state index in [0.717, 1.165) is 30.8 Å². The zero-order chi connectivity index (χ0) is 12.3. The lowest BCUT2D eigenvalue weighted by molar-refractivity contribution is 0.746. The van der Waals surface area contributed by atoms with E-state index in [2.05, 4.69) is 29.2 Å². The summed E-state index contributed by atoms with van der Waals surface area (Å²) in [5, 5.41) is 9.03. The SMILES string of the molecule is CCc1ncc(CNc2cn(C)nc2CC)s1. The van der Waals surface area contributed by atoms with Crippen LogP contribution >= 0.6 is 11.3 Å². The molecule has 0 atom stereocenters. The van der Waals surface area contributed by atoms with Crippen molar-refractivity contribution in [2.24, 2.45) is 7.05 Å². The Kier molecular flexibility index (Phi) is 3.78. The first-order valence-electron chi connectivity index (χ1n) is 5.92. The summed E-state index contributed by atoms with van der Waals surface area (Å²) in [5.74, 6) is 0. The van der Waals surface area contributed by atoms with Crippen molar-refractivity contribution in [1.29, 1.82) is 0 Å². The molecule has 0 amide bonds. The van der Waals surface area contributed by atoms with Crippen LogP contribution in [0.5, 0.6) is 0 Å². The van der Waals surface area contributed by atoms with Crippen LogP contribution in [0.1, 0.15) is 29.4 Å². The molecule has 92 valence electrons. The molecule has 2 aromatic rings. The molecule has 0 radical (unpaired) electrons. The highest BCUT2D eigenvalue weighted by atomic mass is 32.1. The van der Waals surface area contributed by atoms with Crippen LogP contribution in [0.2, 0.25) is 0 Å². The van der Waals surface area contributed by atoms with Gasteiger partial charge < -0.3 is 5.32 Å². The number of hydrogen-bond donors (Lipinski definition) is 1. The topological polar surface area (TPSA) is 42.7 Å². The molecular weight excluding hydrogens is 232 g/mol. The van der Waals surface area contributed by atoms with E-state index in [-0.39, 0.29) is 0 Å². The first-order chi connectivity index (χ1) is 8.22. The Morgan fingerprint density at radius 2 is 2.18 bits per heavy atom. The Hall–Kier alpha value is -1.36. The number of hydrogen-bond acceptors (Lipinski definition) is 4. The van der Waals surface area contributed by atoms with Gasteiger partial charge in [-0.2, -0.15) is 5.10 Å². The van der Waals surface area contributed by atoms with Crippen molar-refractivity contribution in [2.75, 3.05) is 5.32 Å². The van der Waals surface area contributed by atoms with Gasteiger partial charge in [0.25, 0.3) is 0 Å². The van der Waals surface area contributed by atoms with E-state index in [9.17, 15) is 0 Å². The van der Waals surface area contributed by atoms with Crippen molar-refractivity contribution in [3.8, 4) is 0 Å². The molecule has 1 N–H and O–H groups in total. The van der Waals surface area contributed by atoms with E-state index in [1.807, 2.05) is 24.1 Å².